The zero-order valence-corrected chi connectivity index (χ0v) is 17.2. The molecule has 4 aliphatic carbocycles. The van der Waals surface area contributed by atoms with Crippen LogP contribution < -0.4 is 10.6 Å². The topological polar surface area (TPSA) is 84.0 Å². The van der Waals surface area contributed by atoms with Gasteiger partial charge in [-0.05, 0) is 56.8 Å². The van der Waals surface area contributed by atoms with E-state index in [2.05, 4.69) is 27.8 Å². The van der Waals surface area contributed by atoms with Gasteiger partial charge in [0.25, 0.3) is 0 Å². The normalized spacial score (nSPS) is 33.9. The van der Waals surface area contributed by atoms with Gasteiger partial charge in [-0.1, -0.05) is 31.1 Å². The van der Waals surface area contributed by atoms with Crippen molar-refractivity contribution in [1.29, 1.82) is 0 Å². The lowest BCUT2D eigenvalue weighted by atomic mass is 9.46. The first-order valence-corrected chi connectivity index (χ1v) is 11.2. The molecule has 0 aromatic carbocycles. The number of rotatable bonds is 7. The van der Waals surface area contributed by atoms with E-state index in [1.807, 2.05) is 0 Å². The summed E-state index contributed by atoms with van der Waals surface area (Å²) in [5, 5.41) is 16.3. The van der Waals surface area contributed by atoms with Gasteiger partial charge in [0.05, 0.1) is 5.41 Å². The van der Waals surface area contributed by atoms with Gasteiger partial charge in [0.2, 0.25) is 16.9 Å². The number of hydrogen-bond acceptors (Lipinski definition) is 5. The van der Waals surface area contributed by atoms with E-state index < -0.39 is 0 Å². The fourth-order valence-corrected chi connectivity index (χ4v) is 6.99. The van der Waals surface area contributed by atoms with E-state index in [1.165, 1.54) is 30.6 Å². The first-order chi connectivity index (χ1) is 12.9. The Morgan fingerprint density at radius 3 is 2.56 bits per heavy atom. The number of aromatic nitrogens is 2. The van der Waals surface area contributed by atoms with Crippen molar-refractivity contribution in [3.8, 4) is 0 Å². The van der Waals surface area contributed by atoms with Crippen LogP contribution >= 0.6 is 11.3 Å². The predicted octanol–water partition coefficient (Wildman–Crippen LogP) is 3.68. The minimum atomic E-state index is -0.361. The summed E-state index contributed by atoms with van der Waals surface area (Å²) in [5.74, 6) is 1.20. The van der Waals surface area contributed by atoms with E-state index in [0.717, 1.165) is 50.0 Å². The molecule has 7 heteroatoms. The van der Waals surface area contributed by atoms with Crippen molar-refractivity contribution >= 4 is 28.3 Å². The van der Waals surface area contributed by atoms with Crippen LogP contribution in [-0.2, 0) is 16.0 Å². The zero-order chi connectivity index (χ0) is 19.1. The Balaban J connectivity index is 1.46. The van der Waals surface area contributed by atoms with E-state index in [9.17, 15) is 9.59 Å². The molecule has 6 nitrogen and oxygen atoms in total. The van der Waals surface area contributed by atoms with Gasteiger partial charge in [-0.25, -0.2) is 0 Å². The molecule has 4 aliphatic rings. The predicted molar refractivity (Wildman–Crippen MR) is 105 cm³/mol. The van der Waals surface area contributed by atoms with Crippen LogP contribution in [-0.4, -0.2) is 27.6 Å². The van der Waals surface area contributed by atoms with Crippen LogP contribution in [0.5, 0.6) is 0 Å². The molecule has 4 bridgehead atoms. The Morgan fingerprint density at radius 1 is 1.15 bits per heavy atom. The highest BCUT2D eigenvalue weighted by Gasteiger charge is 2.60. The number of carbonyl (C=O) groups is 2. The van der Waals surface area contributed by atoms with Crippen LogP contribution in [0.15, 0.2) is 0 Å². The smallest absolute Gasteiger partial charge is 0.232 e. The molecule has 5 rings (SSSR count). The van der Waals surface area contributed by atoms with Gasteiger partial charge in [0.15, 0.2) is 0 Å². The second kappa shape index (κ2) is 7.15. The lowest BCUT2D eigenvalue weighted by molar-refractivity contribution is -0.148. The van der Waals surface area contributed by atoms with Crippen molar-refractivity contribution < 1.29 is 9.59 Å². The number of nitrogens with one attached hydrogen (secondary N) is 2. The number of aryl methyl sites for hydroxylation is 1. The van der Waals surface area contributed by atoms with Gasteiger partial charge in [-0.2, -0.15) is 0 Å². The molecule has 1 heterocycles. The minimum Gasteiger partial charge on any atom is -0.351 e. The number of hydrogen-bond donors (Lipinski definition) is 2. The summed E-state index contributed by atoms with van der Waals surface area (Å²) in [7, 11) is 0. The van der Waals surface area contributed by atoms with Crippen molar-refractivity contribution in [2.24, 2.45) is 17.3 Å². The number of unbranched alkanes of at least 4 members (excludes halogenated alkanes) is 2. The first kappa shape index (κ1) is 18.8. The largest absolute Gasteiger partial charge is 0.351 e. The summed E-state index contributed by atoms with van der Waals surface area (Å²) in [6, 6.07) is 0. The minimum absolute atomic E-state index is 0.0216. The first-order valence-electron chi connectivity index (χ1n) is 10.3. The van der Waals surface area contributed by atoms with Crippen molar-refractivity contribution in [3.05, 3.63) is 5.01 Å². The van der Waals surface area contributed by atoms with Crippen LogP contribution in [0.25, 0.3) is 0 Å². The summed E-state index contributed by atoms with van der Waals surface area (Å²) < 4.78 is 0. The quantitative estimate of drug-likeness (QED) is 0.696. The molecular formula is C20H30N4O2S. The maximum absolute atomic E-state index is 13.3. The fourth-order valence-electron chi connectivity index (χ4n) is 6.21. The van der Waals surface area contributed by atoms with Crippen molar-refractivity contribution in [2.45, 2.75) is 83.6 Å². The summed E-state index contributed by atoms with van der Waals surface area (Å²) in [4.78, 5) is 25.1. The molecule has 0 aliphatic heterocycles. The van der Waals surface area contributed by atoms with E-state index in [-0.39, 0.29) is 22.8 Å². The maximum Gasteiger partial charge on any atom is 0.232 e. The summed E-state index contributed by atoms with van der Waals surface area (Å²) in [5.41, 5.74) is -0.541. The molecule has 1 aromatic heterocycles. The highest BCUT2D eigenvalue weighted by atomic mass is 32.1. The van der Waals surface area contributed by atoms with Crippen LogP contribution in [0.4, 0.5) is 5.13 Å². The lowest BCUT2D eigenvalue weighted by Gasteiger charge is -2.61. The third kappa shape index (κ3) is 3.75. The lowest BCUT2D eigenvalue weighted by Crippen LogP contribution is -2.65. The average molecular weight is 391 g/mol. The molecule has 2 amide bonds. The standard InChI is InChI=1S/C20H30N4O2S/c1-3-4-5-6-16-23-24-18(27-16)21-17(26)19-8-14-7-15(9-19)11-20(10-14,12-19)22-13(2)25/h14-15H,3-12H2,1-2H3,(H,22,25)(H,21,24,26)/t14-,15-,19?,20?/m1/s1. The highest BCUT2D eigenvalue weighted by Crippen LogP contribution is 2.61. The number of anilines is 1. The van der Waals surface area contributed by atoms with Gasteiger partial charge in [-0.3, -0.25) is 9.59 Å². The molecule has 0 radical (unpaired) electrons. The van der Waals surface area contributed by atoms with Crippen LogP contribution in [0, 0.1) is 17.3 Å². The average Bonchev–Trinajstić information content (AvgIpc) is 3.00. The second-order valence-corrected chi connectivity index (χ2v) is 10.2. The van der Waals surface area contributed by atoms with Crippen LogP contribution in [0.3, 0.4) is 0 Å². The molecule has 4 saturated carbocycles. The molecule has 0 saturated heterocycles. The van der Waals surface area contributed by atoms with E-state index in [4.69, 9.17) is 0 Å². The van der Waals surface area contributed by atoms with Gasteiger partial charge in [0.1, 0.15) is 5.01 Å². The highest BCUT2D eigenvalue weighted by molar-refractivity contribution is 7.15. The molecule has 0 unspecified atom stereocenters. The zero-order valence-electron chi connectivity index (χ0n) is 16.3. The number of nitrogens with zero attached hydrogens (tertiary/aromatic N) is 2. The molecule has 2 N–H and O–H groups in total. The van der Waals surface area contributed by atoms with E-state index in [0.29, 0.717) is 17.0 Å². The van der Waals surface area contributed by atoms with Crippen molar-refractivity contribution in [1.82, 2.24) is 15.5 Å². The molecule has 148 valence electrons. The molecule has 0 spiro atoms. The SMILES string of the molecule is CCCCCc1nnc(NC(=O)C23C[C@H]4C[C@@H](CC(NC(C)=O)(C4)C2)C3)s1. The maximum atomic E-state index is 13.3. The van der Waals surface area contributed by atoms with Crippen LogP contribution in [0.2, 0.25) is 0 Å². The fraction of sp³-hybridized carbons (Fsp3) is 0.800. The Morgan fingerprint density at radius 2 is 1.89 bits per heavy atom. The summed E-state index contributed by atoms with van der Waals surface area (Å²) in [6.07, 6.45) is 10.3. The third-order valence-electron chi connectivity index (χ3n) is 6.67. The Bertz CT molecular complexity index is 717. The van der Waals surface area contributed by atoms with Crippen molar-refractivity contribution in [3.63, 3.8) is 0 Å². The molecular weight excluding hydrogens is 360 g/mol. The second-order valence-electron chi connectivity index (χ2n) is 9.12. The molecule has 4 fully saturated rings. The van der Waals surface area contributed by atoms with Crippen molar-refractivity contribution in [2.75, 3.05) is 5.32 Å². The summed E-state index contributed by atoms with van der Waals surface area (Å²) in [6.45, 7) is 3.78. The Labute approximate surface area is 164 Å². The monoisotopic (exact) mass is 390 g/mol. The van der Waals surface area contributed by atoms with Gasteiger partial charge < -0.3 is 10.6 Å². The Kier molecular flexibility index (Phi) is 4.99. The van der Waals surface area contributed by atoms with E-state index in [1.54, 1.807) is 6.92 Å². The van der Waals surface area contributed by atoms with Crippen LogP contribution in [0.1, 0.15) is 76.6 Å². The number of carbonyl (C=O) groups excluding carboxylic acids is 2. The summed E-state index contributed by atoms with van der Waals surface area (Å²) >= 11 is 1.50. The number of amides is 2. The Hall–Kier alpha value is -1.50. The van der Waals surface area contributed by atoms with Gasteiger partial charge >= 0.3 is 0 Å². The molecule has 27 heavy (non-hydrogen) atoms. The molecule has 1 aromatic rings. The van der Waals surface area contributed by atoms with E-state index >= 15 is 0 Å². The van der Waals surface area contributed by atoms with Gasteiger partial charge in [-0.15, -0.1) is 10.2 Å². The third-order valence-corrected chi connectivity index (χ3v) is 7.56. The molecule has 2 atom stereocenters. The van der Waals surface area contributed by atoms with Gasteiger partial charge in [0, 0.05) is 18.9 Å².